The number of unbranched alkanes of at least 4 members (excludes halogenated alkanes) is 5. The lowest BCUT2D eigenvalue weighted by molar-refractivity contribution is -0.908. The van der Waals surface area contributed by atoms with Gasteiger partial charge in [-0.05, 0) is 6.42 Å². The Hall–Kier alpha value is 0.0600. The molecular formula is C21H50N2O10P2+2. The van der Waals surface area contributed by atoms with Crippen molar-refractivity contribution in [1.29, 1.82) is 0 Å². The van der Waals surface area contributed by atoms with Crippen molar-refractivity contribution in [3.05, 3.63) is 0 Å². The Bertz CT molecular complexity index is 606. The Balaban J connectivity index is 4.76. The molecule has 0 aromatic carbocycles. The van der Waals surface area contributed by atoms with Gasteiger partial charge in [-0.25, -0.2) is 9.13 Å². The van der Waals surface area contributed by atoms with Gasteiger partial charge in [0.1, 0.15) is 26.3 Å². The minimum atomic E-state index is -4.34. The highest BCUT2D eigenvalue weighted by Gasteiger charge is 2.28. The third-order valence-electron chi connectivity index (χ3n) is 5.58. The summed E-state index contributed by atoms with van der Waals surface area (Å²) >= 11 is 0. The number of rotatable bonds is 23. The van der Waals surface area contributed by atoms with E-state index in [4.69, 9.17) is 18.1 Å². The summed E-state index contributed by atoms with van der Waals surface area (Å²) in [5.74, 6) is -0.413. The Labute approximate surface area is 211 Å². The van der Waals surface area contributed by atoms with Crippen molar-refractivity contribution < 1.29 is 56.2 Å². The Morgan fingerprint density at radius 1 is 0.686 bits per heavy atom. The van der Waals surface area contributed by atoms with E-state index in [0.717, 1.165) is 32.1 Å². The lowest BCUT2D eigenvalue weighted by Crippen LogP contribution is -2.42. The first-order valence-corrected chi connectivity index (χ1v) is 15.3. The zero-order valence-corrected chi connectivity index (χ0v) is 24.0. The Morgan fingerprint density at radius 3 is 1.49 bits per heavy atom. The number of phosphoric acid groups is 2. The fraction of sp³-hybridized carbons (Fsp3) is 1.00. The number of phosphoric ester groups is 2. The quantitative estimate of drug-likeness (QED) is 0.0644. The van der Waals surface area contributed by atoms with Gasteiger partial charge in [0, 0.05) is 5.92 Å². The molecule has 0 aliphatic carbocycles. The summed E-state index contributed by atoms with van der Waals surface area (Å²) in [5.41, 5.74) is 0. The first-order valence-electron chi connectivity index (χ1n) is 12.3. The summed E-state index contributed by atoms with van der Waals surface area (Å²) in [5, 5.41) is 18.5. The van der Waals surface area contributed by atoms with Crippen LogP contribution in [0.2, 0.25) is 0 Å². The fourth-order valence-electron chi connectivity index (χ4n) is 2.85. The minimum Gasteiger partial charge on any atom is -0.347 e. The predicted octanol–water partition coefficient (Wildman–Crippen LogP) is 2.67. The van der Waals surface area contributed by atoms with Crippen LogP contribution in [0.25, 0.3) is 0 Å². The summed E-state index contributed by atoms with van der Waals surface area (Å²) in [6.45, 7) is 1.95. The van der Waals surface area contributed by atoms with E-state index in [1.807, 2.05) is 0 Å². The number of hydrogen-bond donors (Lipinski definition) is 4. The molecule has 0 fully saturated rings. The highest BCUT2D eigenvalue weighted by molar-refractivity contribution is 7.47. The maximum absolute atomic E-state index is 12.3. The summed E-state index contributed by atoms with van der Waals surface area (Å²) in [4.78, 5) is 20.0. The monoisotopic (exact) mass is 552 g/mol. The number of aliphatic hydroxyl groups is 2. The molecule has 2 atom stereocenters. The van der Waals surface area contributed by atoms with Crippen LogP contribution in [0.5, 0.6) is 0 Å². The second-order valence-electron chi connectivity index (χ2n) is 10.2. The molecule has 0 amide bonds. The van der Waals surface area contributed by atoms with Gasteiger partial charge < -0.3 is 29.0 Å². The van der Waals surface area contributed by atoms with Gasteiger partial charge in [-0.2, -0.15) is 0 Å². The lowest BCUT2D eigenvalue weighted by Gasteiger charge is -2.27. The molecule has 212 valence electrons. The van der Waals surface area contributed by atoms with Gasteiger partial charge in [-0.15, -0.1) is 0 Å². The SMILES string of the molecule is CCCCCCCCC(COP(=O)(O)OCC[N+](C)(C)CO)COP(=O)(O)OCC[N+](C)(C)CO. The molecule has 0 heterocycles. The molecule has 12 nitrogen and oxygen atoms in total. The Morgan fingerprint density at radius 2 is 1.09 bits per heavy atom. The molecule has 0 aliphatic heterocycles. The van der Waals surface area contributed by atoms with Crippen molar-refractivity contribution in [1.82, 2.24) is 0 Å². The fourth-order valence-corrected chi connectivity index (χ4v) is 4.42. The molecule has 0 saturated heterocycles. The third-order valence-corrected chi connectivity index (χ3v) is 7.55. The summed E-state index contributed by atoms with van der Waals surface area (Å²) in [6.07, 6.45) is 6.89. The van der Waals surface area contributed by atoms with Crippen molar-refractivity contribution >= 4 is 15.6 Å². The molecule has 2 unspecified atom stereocenters. The van der Waals surface area contributed by atoms with Crippen molar-refractivity contribution in [3.63, 3.8) is 0 Å². The molecule has 35 heavy (non-hydrogen) atoms. The van der Waals surface area contributed by atoms with Crippen LogP contribution in [-0.2, 0) is 27.2 Å². The summed E-state index contributed by atoms with van der Waals surface area (Å²) in [6, 6.07) is 0. The second kappa shape index (κ2) is 17.5. The van der Waals surface area contributed by atoms with Crippen molar-refractivity contribution in [2.75, 3.05) is 81.2 Å². The van der Waals surface area contributed by atoms with E-state index >= 15 is 0 Å². The third kappa shape index (κ3) is 19.8. The standard InChI is InChI=1S/C21H48N2O10P2/c1-6-7-8-9-10-11-12-21(17-32-34(26,27)30-15-13-22(2,3)19-24)18-33-35(28,29)31-16-14-23(4,5)20-25/h21,24-25H,6-20H2,1-5H3/p+2. The molecule has 0 radical (unpaired) electrons. The van der Waals surface area contributed by atoms with Gasteiger partial charge in [0.2, 0.25) is 0 Å². The van der Waals surface area contributed by atoms with Gasteiger partial charge in [-0.1, -0.05) is 45.4 Å². The van der Waals surface area contributed by atoms with E-state index in [9.17, 15) is 29.1 Å². The van der Waals surface area contributed by atoms with Gasteiger partial charge in [0.25, 0.3) is 0 Å². The van der Waals surface area contributed by atoms with Gasteiger partial charge >= 0.3 is 15.6 Å². The molecule has 4 N–H and O–H groups in total. The summed E-state index contributed by atoms with van der Waals surface area (Å²) < 4.78 is 45.2. The van der Waals surface area contributed by atoms with E-state index in [0.29, 0.717) is 19.5 Å². The largest absolute Gasteiger partial charge is 0.472 e. The summed E-state index contributed by atoms with van der Waals surface area (Å²) in [7, 11) is -1.68. The van der Waals surface area contributed by atoms with E-state index in [1.165, 1.54) is 6.42 Å². The molecule has 0 saturated carbocycles. The number of aliphatic hydroxyl groups excluding tert-OH is 2. The Kier molecular flexibility index (Phi) is 17.6. The molecule has 0 aromatic rings. The number of likely N-dealkylation sites (N-methyl/N-ethyl adjacent to an activating group) is 2. The smallest absolute Gasteiger partial charge is 0.347 e. The van der Waals surface area contributed by atoms with Crippen molar-refractivity contribution in [3.8, 4) is 0 Å². The topological polar surface area (TPSA) is 152 Å². The first-order chi connectivity index (χ1) is 16.2. The molecular weight excluding hydrogens is 502 g/mol. The maximum atomic E-state index is 12.3. The van der Waals surface area contributed by atoms with E-state index in [1.54, 1.807) is 28.2 Å². The maximum Gasteiger partial charge on any atom is 0.472 e. The molecule has 0 bridgehead atoms. The van der Waals surface area contributed by atoms with Crippen LogP contribution in [-0.4, -0.2) is 110 Å². The first kappa shape index (κ1) is 35.1. The molecule has 0 rings (SSSR count). The zero-order valence-electron chi connectivity index (χ0n) is 22.2. The van der Waals surface area contributed by atoms with Gasteiger partial charge in [0.05, 0.1) is 41.4 Å². The van der Waals surface area contributed by atoms with Crippen molar-refractivity contribution in [2.45, 2.75) is 51.9 Å². The predicted molar refractivity (Wildman–Crippen MR) is 133 cm³/mol. The van der Waals surface area contributed by atoms with Crippen LogP contribution in [0, 0.1) is 5.92 Å². The number of nitrogens with zero attached hydrogens (tertiary/aromatic N) is 2. The van der Waals surface area contributed by atoms with Crippen LogP contribution in [0.3, 0.4) is 0 Å². The van der Waals surface area contributed by atoms with Crippen molar-refractivity contribution in [2.24, 2.45) is 5.92 Å². The van der Waals surface area contributed by atoms with Crippen LogP contribution in [0.4, 0.5) is 0 Å². The van der Waals surface area contributed by atoms with Gasteiger partial charge in [-0.3, -0.25) is 18.1 Å². The second-order valence-corrected chi connectivity index (χ2v) is 13.1. The highest BCUT2D eigenvalue weighted by Crippen LogP contribution is 2.46. The van der Waals surface area contributed by atoms with E-state index < -0.39 is 21.6 Å². The van der Waals surface area contributed by atoms with E-state index in [-0.39, 0.29) is 48.9 Å². The van der Waals surface area contributed by atoms with E-state index in [2.05, 4.69) is 6.92 Å². The van der Waals surface area contributed by atoms with Gasteiger partial charge in [0.15, 0.2) is 13.5 Å². The van der Waals surface area contributed by atoms with Crippen LogP contribution in [0.15, 0.2) is 0 Å². The lowest BCUT2D eigenvalue weighted by atomic mass is 10.0. The molecule has 14 heteroatoms. The normalized spacial score (nSPS) is 17.2. The van der Waals surface area contributed by atoms with Crippen LogP contribution in [0.1, 0.15) is 51.9 Å². The van der Waals surface area contributed by atoms with Crippen LogP contribution >= 0.6 is 15.6 Å². The highest BCUT2D eigenvalue weighted by atomic mass is 31.2. The minimum absolute atomic E-state index is 0.0810. The number of quaternary nitrogens is 2. The molecule has 0 aromatic heterocycles. The molecule has 0 aliphatic rings. The zero-order chi connectivity index (χ0) is 27.0. The average molecular weight is 553 g/mol. The average Bonchev–Trinajstić information content (AvgIpc) is 2.76. The van der Waals surface area contributed by atoms with Crippen LogP contribution < -0.4 is 0 Å². The molecule has 0 spiro atoms. The number of hydrogen-bond acceptors (Lipinski definition) is 8.